The number of rotatable bonds is 5. The van der Waals surface area contributed by atoms with Gasteiger partial charge in [-0.05, 0) is 55.7 Å². The predicted molar refractivity (Wildman–Crippen MR) is 113 cm³/mol. The van der Waals surface area contributed by atoms with Crippen molar-refractivity contribution in [3.8, 4) is 5.69 Å². The minimum absolute atomic E-state index is 0.284. The van der Waals surface area contributed by atoms with Crippen LogP contribution in [0.5, 0.6) is 0 Å². The van der Waals surface area contributed by atoms with Crippen molar-refractivity contribution in [2.24, 2.45) is 0 Å². The normalized spacial score (nSPS) is 17.4. The average molecular weight is 410 g/mol. The molecule has 1 aliphatic heterocycles. The summed E-state index contributed by atoms with van der Waals surface area (Å²) in [4.78, 5) is 9.24. The number of piperazine rings is 1. The molecule has 0 atom stereocenters. The Morgan fingerprint density at radius 1 is 0.900 bits per heavy atom. The molecule has 2 fully saturated rings. The van der Waals surface area contributed by atoms with Gasteiger partial charge in [-0.2, -0.15) is 4.98 Å². The molecule has 1 saturated carbocycles. The van der Waals surface area contributed by atoms with Crippen LogP contribution in [0, 0.1) is 18.6 Å². The fourth-order valence-electron chi connectivity index (χ4n) is 4.05. The third kappa shape index (κ3) is 4.14. The second-order valence-corrected chi connectivity index (χ2v) is 8.08. The van der Waals surface area contributed by atoms with Gasteiger partial charge in [0.2, 0.25) is 5.95 Å². The summed E-state index contributed by atoms with van der Waals surface area (Å²) >= 11 is 0. The summed E-state index contributed by atoms with van der Waals surface area (Å²) in [5.41, 5.74) is 3.50. The van der Waals surface area contributed by atoms with Gasteiger partial charge in [0.05, 0.1) is 5.69 Å². The molecule has 0 unspecified atom stereocenters. The molecule has 1 aromatic heterocycles. The van der Waals surface area contributed by atoms with Gasteiger partial charge in [0.15, 0.2) is 0 Å². The predicted octanol–water partition coefficient (Wildman–Crippen LogP) is 3.88. The topological polar surface area (TPSA) is 49.2 Å². The van der Waals surface area contributed by atoms with E-state index in [4.69, 9.17) is 0 Å². The Hall–Kier alpha value is -3.00. The van der Waals surface area contributed by atoms with Crippen LogP contribution in [-0.2, 0) is 0 Å². The first-order chi connectivity index (χ1) is 14.5. The highest BCUT2D eigenvalue weighted by atomic mass is 19.1. The summed E-state index contributed by atoms with van der Waals surface area (Å²) in [5.74, 6) is -0.935. The summed E-state index contributed by atoms with van der Waals surface area (Å²) in [6, 6.07) is 10.4. The summed E-state index contributed by atoms with van der Waals surface area (Å²) in [7, 11) is 0. The quantitative estimate of drug-likeness (QED) is 0.692. The van der Waals surface area contributed by atoms with Crippen molar-refractivity contribution in [1.29, 1.82) is 0 Å². The van der Waals surface area contributed by atoms with E-state index in [9.17, 15) is 8.78 Å². The molecule has 8 heteroatoms. The number of nitrogens with one attached hydrogen (secondary N) is 1. The molecule has 1 saturated heterocycles. The Labute approximate surface area is 174 Å². The van der Waals surface area contributed by atoms with Crippen molar-refractivity contribution in [3.63, 3.8) is 0 Å². The third-order valence-corrected chi connectivity index (χ3v) is 5.66. The molecular weight excluding hydrogens is 386 g/mol. The Kier molecular flexibility index (Phi) is 4.86. The minimum Gasteiger partial charge on any atom is -0.369 e. The number of hydrogen-bond donors (Lipinski definition) is 1. The highest BCUT2D eigenvalue weighted by Crippen LogP contribution is 2.30. The molecule has 6 nitrogen and oxygen atoms in total. The maximum absolute atomic E-state index is 13.5. The van der Waals surface area contributed by atoms with E-state index in [1.165, 1.54) is 41.7 Å². The van der Waals surface area contributed by atoms with Gasteiger partial charge in [0.1, 0.15) is 18.0 Å². The monoisotopic (exact) mass is 410 g/mol. The molecule has 0 amide bonds. The zero-order valence-corrected chi connectivity index (χ0v) is 16.9. The van der Waals surface area contributed by atoms with Crippen LogP contribution in [0.25, 0.3) is 5.69 Å². The Bertz CT molecular complexity index is 1030. The summed E-state index contributed by atoms with van der Waals surface area (Å²) in [6.45, 7) is 6.33. The van der Waals surface area contributed by atoms with Gasteiger partial charge in [-0.25, -0.2) is 13.5 Å². The van der Waals surface area contributed by atoms with Gasteiger partial charge in [-0.1, -0.05) is 0 Å². The van der Waals surface area contributed by atoms with Gasteiger partial charge in [-0.15, -0.1) is 5.10 Å². The largest absolute Gasteiger partial charge is 0.369 e. The van der Waals surface area contributed by atoms with Crippen LogP contribution < -0.4 is 10.2 Å². The van der Waals surface area contributed by atoms with Crippen LogP contribution in [0.15, 0.2) is 42.7 Å². The molecular formula is C22H24F2N6. The third-order valence-electron chi connectivity index (χ3n) is 5.66. The van der Waals surface area contributed by atoms with Crippen molar-refractivity contribution < 1.29 is 8.78 Å². The van der Waals surface area contributed by atoms with Crippen LogP contribution in [0.3, 0.4) is 0 Å². The lowest BCUT2D eigenvalue weighted by Gasteiger charge is -2.36. The summed E-state index contributed by atoms with van der Waals surface area (Å²) in [6.07, 6.45) is 4.13. The van der Waals surface area contributed by atoms with Crippen LogP contribution >= 0.6 is 0 Å². The molecule has 0 spiro atoms. The number of nitrogens with zero attached hydrogens (tertiary/aromatic N) is 5. The number of aryl methyl sites for hydroxylation is 1. The maximum atomic E-state index is 13.5. The van der Waals surface area contributed by atoms with Gasteiger partial charge in [-0.3, -0.25) is 4.90 Å². The molecule has 3 aromatic rings. The molecule has 0 radical (unpaired) electrons. The van der Waals surface area contributed by atoms with Crippen LogP contribution in [0.4, 0.5) is 26.1 Å². The van der Waals surface area contributed by atoms with E-state index in [-0.39, 0.29) is 5.69 Å². The van der Waals surface area contributed by atoms with Crippen molar-refractivity contribution >= 4 is 17.3 Å². The molecule has 2 heterocycles. The van der Waals surface area contributed by atoms with E-state index in [2.05, 4.69) is 44.3 Å². The summed E-state index contributed by atoms with van der Waals surface area (Å²) in [5, 5.41) is 7.52. The van der Waals surface area contributed by atoms with E-state index >= 15 is 0 Å². The van der Waals surface area contributed by atoms with Crippen molar-refractivity contribution in [2.75, 3.05) is 36.4 Å². The van der Waals surface area contributed by atoms with Gasteiger partial charge in [0.25, 0.3) is 0 Å². The molecule has 1 N–H and O–H groups in total. The van der Waals surface area contributed by atoms with Crippen molar-refractivity contribution in [2.45, 2.75) is 25.8 Å². The SMILES string of the molecule is Cc1cc(Nc2ncn(-c3cc(F)cc(F)c3)n2)cc(N2CCN(C3CC3)CC2)c1. The smallest absolute Gasteiger partial charge is 0.246 e. The van der Waals surface area contributed by atoms with E-state index in [0.717, 1.165) is 49.5 Å². The highest BCUT2D eigenvalue weighted by molar-refractivity contribution is 5.64. The minimum atomic E-state index is -0.653. The lowest BCUT2D eigenvalue weighted by Crippen LogP contribution is -2.47. The lowest BCUT2D eigenvalue weighted by molar-refractivity contribution is 0.248. The first-order valence-electron chi connectivity index (χ1n) is 10.3. The van der Waals surface area contributed by atoms with Crippen LogP contribution in [0.1, 0.15) is 18.4 Å². The summed E-state index contributed by atoms with van der Waals surface area (Å²) < 4.78 is 28.3. The van der Waals surface area contributed by atoms with E-state index < -0.39 is 11.6 Å². The molecule has 2 aliphatic rings. The molecule has 156 valence electrons. The van der Waals surface area contributed by atoms with Crippen LogP contribution in [-0.4, -0.2) is 51.9 Å². The Balaban J connectivity index is 1.31. The zero-order chi connectivity index (χ0) is 20.7. The fourth-order valence-corrected chi connectivity index (χ4v) is 4.05. The first kappa shape index (κ1) is 19.0. The van der Waals surface area contributed by atoms with Crippen molar-refractivity contribution in [1.82, 2.24) is 19.7 Å². The van der Waals surface area contributed by atoms with E-state index in [1.807, 2.05) is 6.07 Å². The average Bonchev–Trinajstić information content (AvgIpc) is 3.46. The Morgan fingerprint density at radius 2 is 1.63 bits per heavy atom. The van der Waals surface area contributed by atoms with Gasteiger partial charge >= 0.3 is 0 Å². The standard InChI is InChI=1S/C22H24F2N6/c1-15-8-18(13-20(9-15)29-6-4-28(5-7-29)19-2-3-19)26-22-25-14-30(27-22)21-11-16(23)10-17(24)12-21/h8-14,19H,2-7H2,1H3,(H,26,27). The number of halogens is 2. The van der Waals surface area contributed by atoms with Crippen LogP contribution in [0.2, 0.25) is 0 Å². The zero-order valence-electron chi connectivity index (χ0n) is 16.9. The second-order valence-electron chi connectivity index (χ2n) is 8.08. The number of aromatic nitrogens is 3. The molecule has 30 heavy (non-hydrogen) atoms. The van der Waals surface area contributed by atoms with Gasteiger partial charge < -0.3 is 10.2 Å². The maximum Gasteiger partial charge on any atom is 0.246 e. The Morgan fingerprint density at radius 3 is 2.33 bits per heavy atom. The van der Waals surface area contributed by atoms with E-state index in [1.54, 1.807) is 0 Å². The number of hydrogen-bond acceptors (Lipinski definition) is 5. The fraction of sp³-hybridized carbons (Fsp3) is 0.364. The molecule has 2 aromatic carbocycles. The first-order valence-corrected chi connectivity index (χ1v) is 10.3. The molecule has 0 bridgehead atoms. The molecule has 5 rings (SSSR count). The second kappa shape index (κ2) is 7.68. The lowest BCUT2D eigenvalue weighted by atomic mass is 10.1. The van der Waals surface area contributed by atoms with Gasteiger partial charge in [0, 0.05) is 49.7 Å². The molecule has 1 aliphatic carbocycles. The van der Waals surface area contributed by atoms with Crippen molar-refractivity contribution in [3.05, 3.63) is 59.9 Å². The highest BCUT2D eigenvalue weighted by Gasteiger charge is 2.31. The number of benzene rings is 2. The van der Waals surface area contributed by atoms with E-state index in [0.29, 0.717) is 5.95 Å². The number of anilines is 3.